The van der Waals surface area contributed by atoms with E-state index < -0.39 is 0 Å². The third-order valence-electron chi connectivity index (χ3n) is 3.40. The summed E-state index contributed by atoms with van der Waals surface area (Å²) in [5, 5.41) is 3.25. The zero-order valence-electron chi connectivity index (χ0n) is 11.5. The Balaban J connectivity index is 2.61. The zero-order valence-corrected chi connectivity index (χ0v) is 13.0. The summed E-state index contributed by atoms with van der Waals surface area (Å²) in [4.78, 5) is 4.22. The van der Waals surface area contributed by atoms with Crippen LogP contribution in [0.3, 0.4) is 0 Å². The molecule has 3 nitrogen and oxygen atoms in total. The van der Waals surface area contributed by atoms with Crippen molar-refractivity contribution in [1.29, 1.82) is 0 Å². The van der Waals surface area contributed by atoms with Crippen molar-refractivity contribution < 1.29 is 4.39 Å². The van der Waals surface area contributed by atoms with Crippen LogP contribution in [0.15, 0.2) is 29.1 Å². The predicted molar refractivity (Wildman–Crippen MR) is 78.0 cm³/mol. The molecule has 5 heteroatoms. The Morgan fingerprint density at radius 3 is 2.68 bits per heavy atom. The molecular weight excluding hydrogens is 309 g/mol. The molecule has 0 fully saturated rings. The summed E-state index contributed by atoms with van der Waals surface area (Å²) in [5.41, 5.74) is 2.59. The lowest BCUT2D eigenvalue weighted by Gasteiger charge is -2.26. The van der Waals surface area contributed by atoms with Crippen LogP contribution < -0.4 is 5.32 Å². The number of aryl methyl sites for hydroxylation is 1. The average Bonchev–Trinajstić information content (AvgIpc) is 2.83. The Kier molecular flexibility index (Phi) is 3.78. The number of hydrogen-bond acceptors (Lipinski definition) is 2. The summed E-state index contributed by atoms with van der Waals surface area (Å²) in [5.74, 6) is -0.254. The van der Waals surface area contributed by atoms with Crippen molar-refractivity contribution in [1.82, 2.24) is 14.9 Å². The molecule has 2 aromatic rings. The van der Waals surface area contributed by atoms with Gasteiger partial charge in [0.05, 0.1) is 33.9 Å². The van der Waals surface area contributed by atoms with Gasteiger partial charge < -0.3 is 9.88 Å². The fourth-order valence-electron chi connectivity index (χ4n) is 1.97. The van der Waals surface area contributed by atoms with Crippen molar-refractivity contribution in [2.24, 2.45) is 0 Å². The van der Waals surface area contributed by atoms with Crippen molar-refractivity contribution >= 4 is 15.9 Å². The van der Waals surface area contributed by atoms with Crippen molar-refractivity contribution in [3.05, 3.63) is 46.2 Å². The number of halogens is 2. The van der Waals surface area contributed by atoms with Gasteiger partial charge in [0, 0.05) is 0 Å². The van der Waals surface area contributed by atoms with Gasteiger partial charge in [-0.25, -0.2) is 9.37 Å². The van der Waals surface area contributed by atoms with Crippen LogP contribution in [-0.2, 0) is 5.54 Å². The first-order valence-corrected chi connectivity index (χ1v) is 6.84. The van der Waals surface area contributed by atoms with Crippen molar-refractivity contribution in [3.63, 3.8) is 0 Å². The number of imidazole rings is 1. The van der Waals surface area contributed by atoms with Gasteiger partial charge in [-0.3, -0.25) is 0 Å². The number of benzene rings is 1. The molecule has 0 unspecified atom stereocenters. The summed E-state index contributed by atoms with van der Waals surface area (Å²) in [6, 6.07) is 3.30. The van der Waals surface area contributed by atoms with Gasteiger partial charge in [0.2, 0.25) is 0 Å². The van der Waals surface area contributed by atoms with E-state index in [1.165, 1.54) is 6.07 Å². The lowest BCUT2D eigenvalue weighted by atomic mass is 10.0. The second kappa shape index (κ2) is 5.06. The van der Waals surface area contributed by atoms with E-state index in [-0.39, 0.29) is 11.4 Å². The third kappa shape index (κ3) is 2.58. The first-order chi connectivity index (χ1) is 8.86. The molecule has 19 heavy (non-hydrogen) atoms. The fraction of sp³-hybridized carbons (Fsp3) is 0.357. The first kappa shape index (κ1) is 14.2. The van der Waals surface area contributed by atoms with Crippen LogP contribution in [-0.4, -0.2) is 16.6 Å². The van der Waals surface area contributed by atoms with Crippen LogP contribution in [0.5, 0.6) is 0 Å². The Labute approximate surface area is 121 Å². The van der Waals surface area contributed by atoms with Crippen molar-refractivity contribution in [3.8, 4) is 5.69 Å². The summed E-state index contributed by atoms with van der Waals surface area (Å²) in [7, 11) is 1.91. The highest BCUT2D eigenvalue weighted by Gasteiger charge is 2.23. The molecule has 0 saturated carbocycles. The number of hydrogen-bond donors (Lipinski definition) is 1. The molecule has 0 amide bonds. The van der Waals surface area contributed by atoms with E-state index >= 15 is 0 Å². The van der Waals surface area contributed by atoms with E-state index in [0.717, 1.165) is 16.9 Å². The van der Waals surface area contributed by atoms with Crippen LogP contribution in [0, 0.1) is 12.7 Å². The maximum absolute atomic E-state index is 13.5. The lowest BCUT2D eigenvalue weighted by Crippen LogP contribution is -2.35. The molecule has 1 aromatic heterocycles. The molecule has 1 N–H and O–H groups in total. The van der Waals surface area contributed by atoms with Crippen LogP contribution in [0.1, 0.15) is 25.1 Å². The minimum atomic E-state index is -0.254. The van der Waals surface area contributed by atoms with Crippen LogP contribution >= 0.6 is 15.9 Å². The summed E-state index contributed by atoms with van der Waals surface area (Å²) < 4.78 is 16.0. The van der Waals surface area contributed by atoms with Crippen molar-refractivity contribution in [2.75, 3.05) is 7.05 Å². The Morgan fingerprint density at radius 1 is 1.37 bits per heavy atom. The molecule has 0 aliphatic carbocycles. The van der Waals surface area contributed by atoms with E-state index in [1.807, 2.05) is 24.7 Å². The average molecular weight is 326 g/mol. The SMILES string of the molecule is CNC(C)(C)c1cncn1-c1cc(Br)c(F)cc1C. The number of rotatable bonds is 3. The largest absolute Gasteiger partial charge is 0.310 e. The highest BCUT2D eigenvalue weighted by Crippen LogP contribution is 2.27. The van der Waals surface area contributed by atoms with Gasteiger partial charge in [-0.15, -0.1) is 0 Å². The molecule has 0 saturated heterocycles. The monoisotopic (exact) mass is 325 g/mol. The molecule has 0 atom stereocenters. The van der Waals surface area contributed by atoms with Gasteiger partial charge in [-0.05, 0) is 61.4 Å². The quantitative estimate of drug-likeness (QED) is 0.935. The summed E-state index contributed by atoms with van der Waals surface area (Å²) in [6.07, 6.45) is 3.58. The smallest absolute Gasteiger partial charge is 0.137 e. The maximum Gasteiger partial charge on any atom is 0.137 e. The van der Waals surface area contributed by atoms with Gasteiger partial charge >= 0.3 is 0 Å². The van der Waals surface area contributed by atoms with Crippen LogP contribution in [0.2, 0.25) is 0 Å². The molecular formula is C14H17BrFN3. The molecule has 102 valence electrons. The molecule has 0 spiro atoms. The summed E-state index contributed by atoms with van der Waals surface area (Å²) in [6.45, 7) is 6.05. The molecule has 0 bridgehead atoms. The molecule has 2 rings (SSSR count). The van der Waals surface area contributed by atoms with Crippen molar-refractivity contribution in [2.45, 2.75) is 26.3 Å². The number of aromatic nitrogens is 2. The van der Waals surface area contributed by atoms with Gasteiger partial charge in [-0.2, -0.15) is 0 Å². The molecule has 0 aliphatic rings. The number of nitrogens with one attached hydrogen (secondary N) is 1. The zero-order chi connectivity index (χ0) is 14.2. The second-order valence-corrected chi connectivity index (χ2v) is 5.93. The highest BCUT2D eigenvalue weighted by atomic mass is 79.9. The topological polar surface area (TPSA) is 29.9 Å². The Hall–Kier alpha value is -1.20. The highest BCUT2D eigenvalue weighted by molar-refractivity contribution is 9.10. The fourth-order valence-corrected chi connectivity index (χ4v) is 2.30. The van der Waals surface area contributed by atoms with Gasteiger partial charge in [0.25, 0.3) is 0 Å². The van der Waals surface area contributed by atoms with E-state index in [9.17, 15) is 4.39 Å². The minimum Gasteiger partial charge on any atom is -0.310 e. The standard InChI is InChI=1S/C14H17BrFN3/c1-9-5-11(16)10(15)6-12(9)19-8-18-7-13(19)14(2,3)17-4/h5-8,17H,1-4H3. The van der Waals surface area contributed by atoms with E-state index in [2.05, 4.69) is 40.1 Å². The van der Waals surface area contributed by atoms with Crippen LogP contribution in [0.25, 0.3) is 5.69 Å². The molecule has 0 aliphatic heterocycles. The number of nitrogens with zero attached hydrogens (tertiary/aromatic N) is 2. The molecule has 1 heterocycles. The van der Waals surface area contributed by atoms with Gasteiger partial charge in [-0.1, -0.05) is 0 Å². The maximum atomic E-state index is 13.5. The second-order valence-electron chi connectivity index (χ2n) is 5.08. The lowest BCUT2D eigenvalue weighted by molar-refractivity contribution is 0.424. The van der Waals surface area contributed by atoms with E-state index in [1.54, 1.807) is 12.4 Å². The molecule has 1 aromatic carbocycles. The Bertz CT molecular complexity index is 605. The van der Waals surface area contributed by atoms with E-state index in [0.29, 0.717) is 4.47 Å². The normalized spacial score (nSPS) is 11.9. The third-order valence-corrected chi connectivity index (χ3v) is 4.01. The van der Waals surface area contributed by atoms with Gasteiger partial charge in [0.1, 0.15) is 5.82 Å². The summed E-state index contributed by atoms with van der Waals surface area (Å²) >= 11 is 3.23. The van der Waals surface area contributed by atoms with Crippen LogP contribution in [0.4, 0.5) is 4.39 Å². The predicted octanol–water partition coefficient (Wildman–Crippen LogP) is 3.54. The van der Waals surface area contributed by atoms with Gasteiger partial charge in [0.15, 0.2) is 0 Å². The Morgan fingerprint density at radius 2 is 2.05 bits per heavy atom. The first-order valence-electron chi connectivity index (χ1n) is 6.04. The van der Waals surface area contributed by atoms with E-state index in [4.69, 9.17) is 0 Å². The molecule has 0 radical (unpaired) electrons. The minimum absolute atomic E-state index is 0.218.